The molecule has 0 aliphatic rings. The third-order valence-electron chi connectivity index (χ3n) is 2.41. The van der Waals surface area contributed by atoms with E-state index in [2.05, 4.69) is 10.1 Å². The summed E-state index contributed by atoms with van der Waals surface area (Å²) in [5, 5.41) is 12.5. The molecule has 1 N–H and O–H groups in total. The van der Waals surface area contributed by atoms with Crippen molar-refractivity contribution in [2.45, 2.75) is 19.8 Å². The molecule has 19 heavy (non-hydrogen) atoms. The molecule has 0 unspecified atom stereocenters. The Hall–Kier alpha value is -2.37. The zero-order valence-corrected chi connectivity index (χ0v) is 10.5. The van der Waals surface area contributed by atoms with Crippen LogP contribution in [0.15, 0.2) is 28.8 Å². The Kier molecular flexibility index (Phi) is 4.12. The minimum atomic E-state index is -1.03. The van der Waals surface area contributed by atoms with Crippen LogP contribution in [0.4, 0.5) is 0 Å². The number of aryl methyl sites for hydroxylation is 1. The molecule has 0 spiro atoms. The van der Waals surface area contributed by atoms with Crippen molar-refractivity contribution < 1.29 is 19.2 Å². The minimum absolute atomic E-state index is 0.406. The Labute approximate surface area is 110 Å². The van der Waals surface area contributed by atoms with Gasteiger partial charge >= 0.3 is 5.97 Å². The molecule has 6 heteroatoms. The highest BCUT2D eigenvalue weighted by atomic mass is 16.5. The van der Waals surface area contributed by atoms with Crippen molar-refractivity contribution in [1.29, 1.82) is 0 Å². The molecular weight excluding hydrogens is 248 g/mol. The van der Waals surface area contributed by atoms with E-state index in [1.54, 1.807) is 24.3 Å². The lowest BCUT2D eigenvalue weighted by Gasteiger charge is -2.06. The summed E-state index contributed by atoms with van der Waals surface area (Å²) in [5.41, 5.74) is 0.620. The largest absolute Gasteiger partial charge is 0.481 e. The zero-order chi connectivity index (χ0) is 13.7. The molecule has 0 saturated carbocycles. The monoisotopic (exact) mass is 262 g/mol. The van der Waals surface area contributed by atoms with Gasteiger partial charge in [-0.25, -0.2) is 4.79 Å². The van der Waals surface area contributed by atoms with E-state index in [0.717, 1.165) is 6.42 Å². The summed E-state index contributed by atoms with van der Waals surface area (Å²) in [7, 11) is 0. The zero-order valence-electron chi connectivity index (χ0n) is 10.5. The first kappa shape index (κ1) is 13.1. The van der Waals surface area contributed by atoms with E-state index >= 15 is 0 Å². The van der Waals surface area contributed by atoms with E-state index in [-0.39, 0.29) is 0 Å². The molecule has 2 rings (SSSR count). The number of rotatable bonds is 6. The summed E-state index contributed by atoms with van der Waals surface area (Å²) in [4.78, 5) is 14.8. The Bertz CT molecular complexity index is 565. The van der Waals surface area contributed by atoms with Crippen LogP contribution in [-0.4, -0.2) is 27.8 Å². The topological polar surface area (TPSA) is 85.5 Å². The molecular formula is C13H14N2O4. The molecule has 0 aliphatic heterocycles. The van der Waals surface area contributed by atoms with E-state index in [4.69, 9.17) is 14.4 Å². The van der Waals surface area contributed by atoms with Gasteiger partial charge in [0.2, 0.25) is 11.7 Å². The normalized spacial score (nSPS) is 10.4. The Morgan fingerprint density at radius 3 is 2.95 bits per heavy atom. The standard InChI is InChI=1S/C13H14N2O4/c1-2-5-11-14-13(15-19-11)9-6-3-4-7-10(9)18-8-12(16)17/h3-4,6-7H,2,5,8H2,1H3,(H,16,17). The second kappa shape index (κ2) is 5.99. The van der Waals surface area contributed by atoms with Crippen molar-refractivity contribution in [3.63, 3.8) is 0 Å². The molecule has 1 aromatic carbocycles. The van der Waals surface area contributed by atoms with Gasteiger partial charge in [-0.15, -0.1) is 0 Å². The first-order valence-electron chi connectivity index (χ1n) is 5.97. The van der Waals surface area contributed by atoms with Gasteiger partial charge in [0.1, 0.15) is 5.75 Å². The quantitative estimate of drug-likeness (QED) is 0.858. The van der Waals surface area contributed by atoms with Crippen LogP contribution in [0.2, 0.25) is 0 Å². The van der Waals surface area contributed by atoms with Crippen LogP contribution in [-0.2, 0) is 11.2 Å². The fraction of sp³-hybridized carbons (Fsp3) is 0.308. The first-order chi connectivity index (χ1) is 9.20. The number of hydrogen-bond acceptors (Lipinski definition) is 5. The molecule has 0 fully saturated rings. The summed E-state index contributed by atoms with van der Waals surface area (Å²) < 4.78 is 10.3. The summed E-state index contributed by atoms with van der Waals surface area (Å²) in [6.07, 6.45) is 1.63. The van der Waals surface area contributed by atoms with E-state index in [1.165, 1.54) is 0 Å². The summed E-state index contributed by atoms with van der Waals surface area (Å²) >= 11 is 0. The van der Waals surface area contributed by atoms with Gasteiger partial charge in [0.15, 0.2) is 6.61 Å². The average Bonchev–Trinajstić information content (AvgIpc) is 2.85. The highest BCUT2D eigenvalue weighted by Crippen LogP contribution is 2.27. The molecule has 0 amide bonds. The minimum Gasteiger partial charge on any atom is -0.481 e. The SMILES string of the molecule is CCCc1nc(-c2ccccc2OCC(=O)O)no1. The lowest BCUT2D eigenvalue weighted by Crippen LogP contribution is -2.10. The molecule has 1 aromatic heterocycles. The van der Waals surface area contributed by atoms with E-state index < -0.39 is 12.6 Å². The molecule has 2 aromatic rings. The number of nitrogens with zero attached hydrogens (tertiary/aromatic N) is 2. The van der Waals surface area contributed by atoms with Gasteiger partial charge in [-0.05, 0) is 18.6 Å². The Morgan fingerprint density at radius 1 is 1.42 bits per heavy atom. The molecule has 6 nitrogen and oxygen atoms in total. The average molecular weight is 262 g/mol. The van der Waals surface area contributed by atoms with Crippen molar-refractivity contribution in [2.75, 3.05) is 6.61 Å². The molecule has 0 atom stereocenters. The van der Waals surface area contributed by atoms with Gasteiger partial charge in [0.05, 0.1) is 5.56 Å². The molecule has 0 saturated heterocycles. The van der Waals surface area contributed by atoms with Gasteiger partial charge in [-0.2, -0.15) is 4.98 Å². The number of para-hydroxylation sites is 1. The fourth-order valence-electron chi connectivity index (χ4n) is 1.60. The fourth-order valence-corrected chi connectivity index (χ4v) is 1.60. The third kappa shape index (κ3) is 3.31. The lowest BCUT2D eigenvalue weighted by atomic mass is 10.2. The molecule has 0 radical (unpaired) electrons. The van der Waals surface area contributed by atoms with Crippen LogP contribution in [0.1, 0.15) is 19.2 Å². The number of benzene rings is 1. The number of carboxylic acid groups (broad SMARTS) is 1. The first-order valence-corrected chi connectivity index (χ1v) is 5.97. The molecule has 0 bridgehead atoms. The number of aliphatic carboxylic acids is 1. The maximum atomic E-state index is 10.5. The number of hydrogen-bond donors (Lipinski definition) is 1. The molecule has 0 aliphatic carbocycles. The van der Waals surface area contributed by atoms with Gasteiger partial charge in [-0.3, -0.25) is 0 Å². The summed E-state index contributed by atoms with van der Waals surface area (Å²) in [6, 6.07) is 7.00. The highest BCUT2D eigenvalue weighted by molar-refractivity contribution is 5.70. The van der Waals surface area contributed by atoms with Gasteiger partial charge in [-0.1, -0.05) is 24.2 Å². The van der Waals surface area contributed by atoms with Crippen LogP contribution in [0, 0.1) is 0 Å². The second-order valence-electron chi connectivity index (χ2n) is 3.94. The lowest BCUT2D eigenvalue weighted by molar-refractivity contribution is -0.139. The molecule has 100 valence electrons. The van der Waals surface area contributed by atoms with Crippen LogP contribution < -0.4 is 4.74 Å². The van der Waals surface area contributed by atoms with Crippen molar-refractivity contribution in [3.05, 3.63) is 30.2 Å². The van der Waals surface area contributed by atoms with Gasteiger partial charge in [0, 0.05) is 6.42 Å². The van der Waals surface area contributed by atoms with E-state index in [9.17, 15) is 4.79 Å². The number of aromatic nitrogens is 2. The van der Waals surface area contributed by atoms with Crippen LogP contribution >= 0.6 is 0 Å². The maximum absolute atomic E-state index is 10.5. The van der Waals surface area contributed by atoms with Crippen molar-refractivity contribution >= 4 is 5.97 Å². The van der Waals surface area contributed by atoms with Crippen molar-refractivity contribution in [2.24, 2.45) is 0 Å². The third-order valence-corrected chi connectivity index (χ3v) is 2.41. The van der Waals surface area contributed by atoms with Gasteiger partial charge in [0.25, 0.3) is 0 Å². The molecule has 1 heterocycles. The Morgan fingerprint density at radius 2 is 2.21 bits per heavy atom. The predicted octanol–water partition coefficient (Wildman–Crippen LogP) is 2.15. The number of carboxylic acids is 1. The number of carbonyl (C=O) groups is 1. The maximum Gasteiger partial charge on any atom is 0.341 e. The van der Waals surface area contributed by atoms with Crippen LogP contribution in [0.25, 0.3) is 11.4 Å². The smallest absolute Gasteiger partial charge is 0.341 e. The Balaban J connectivity index is 2.24. The summed E-state index contributed by atoms with van der Waals surface area (Å²) in [6.45, 7) is 1.62. The van der Waals surface area contributed by atoms with Crippen molar-refractivity contribution in [3.8, 4) is 17.1 Å². The number of ether oxygens (including phenoxy) is 1. The van der Waals surface area contributed by atoms with E-state index in [1.807, 2.05) is 6.92 Å². The second-order valence-corrected chi connectivity index (χ2v) is 3.94. The summed E-state index contributed by atoms with van der Waals surface area (Å²) in [5.74, 6) is 0.360. The van der Waals surface area contributed by atoms with Crippen LogP contribution in [0.3, 0.4) is 0 Å². The van der Waals surface area contributed by atoms with Crippen molar-refractivity contribution in [1.82, 2.24) is 10.1 Å². The van der Waals surface area contributed by atoms with E-state index in [0.29, 0.717) is 29.4 Å². The van der Waals surface area contributed by atoms with Gasteiger partial charge < -0.3 is 14.4 Å². The highest BCUT2D eigenvalue weighted by Gasteiger charge is 2.13. The van der Waals surface area contributed by atoms with Crippen LogP contribution in [0.5, 0.6) is 5.75 Å². The predicted molar refractivity (Wildman–Crippen MR) is 66.9 cm³/mol.